The molecule has 70 valence electrons. The summed E-state index contributed by atoms with van der Waals surface area (Å²) in [4.78, 5) is 10.1. The van der Waals surface area contributed by atoms with E-state index in [1.807, 2.05) is 12.2 Å². The standard InChI is InChI=1S/C11H15NO/c1-3-11(12-8-13)7-4-9(2)10-5-6-10/h3-4,7-8,10H,1,5-6H2,2H3,(H,12,13)/b9-4+,11-7-. The molecule has 1 aliphatic rings. The average molecular weight is 177 g/mol. The van der Waals surface area contributed by atoms with Crippen LogP contribution in [-0.4, -0.2) is 6.41 Å². The predicted octanol–water partition coefficient (Wildman–Crippen LogP) is 2.16. The Hall–Kier alpha value is -1.31. The summed E-state index contributed by atoms with van der Waals surface area (Å²) in [5.74, 6) is 0.776. The van der Waals surface area contributed by atoms with Crippen LogP contribution in [0.3, 0.4) is 0 Å². The number of carbonyl (C=O) groups excluding carboxylic acids is 1. The van der Waals surface area contributed by atoms with Crippen molar-refractivity contribution in [3.05, 3.63) is 36.1 Å². The second-order valence-corrected chi connectivity index (χ2v) is 3.27. The number of hydrogen-bond donors (Lipinski definition) is 1. The average Bonchev–Trinajstić information content (AvgIpc) is 2.94. The summed E-state index contributed by atoms with van der Waals surface area (Å²) in [6.45, 7) is 5.72. The van der Waals surface area contributed by atoms with Crippen LogP contribution in [0.15, 0.2) is 36.1 Å². The van der Waals surface area contributed by atoms with Gasteiger partial charge in [0.1, 0.15) is 0 Å². The van der Waals surface area contributed by atoms with Crippen LogP contribution in [-0.2, 0) is 4.79 Å². The number of hydrogen-bond acceptors (Lipinski definition) is 1. The number of rotatable bonds is 5. The molecular weight excluding hydrogens is 162 g/mol. The molecule has 1 N–H and O–H groups in total. The number of allylic oxidation sites excluding steroid dienone is 4. The lowest BCUT2D eigenvalue weighted by Gasteiger charge is -1.97. The third kappa shape index (κ3) is 3.28. The molecule has 0 aromatic heterocycles. The number of nitrogens with one attached hydrogen (secondary N) is 1. The zero-order chi connectivity index (χ0) is 9.68. The van der Waals surface area contributed by atoms with Gasteiger partial charge in [-0.3, -0.25) is 4.79 Å². The van der Waals surface area contributed by atoms with E-state index in [1.54, 1.807) is 6.08 Å². The molecule has 2 heteroatoms. The van der Waals surface area contributed by atoms with Crippen LogP contribution in [0.5, 0.6) is 0 Å². The van der Waals surface area contributed by atoms with Gasteiger partial charge in [-0.15, -0.1) is 0 Å². The quantitative estimate of drug-likeness (QED) is 0.506. The summed E-state index contributed by atoms with van der Waals surface area (Å²) in [6, 6.07) is 0. The Morgan fingerprint density at radius 2 is 2.15 bits per heavy atom. The molecule has 13 heavy (non-hydrogen) atoms. The molecule has 2 nitrogen and oxygen atoms in total. The molecule has 0 spiro atoms. The zero-order valence-electron chi connectivity index (χ0n) is 7.92. The molecule has 0 aliphatic heterocycles. The Morgan fingerprint density at radius 3 is 2.62 bits per heavy atom. The minimum absolute atomic E-state index is 0.661. The van der Waals surface area contributed by atoms with Crippen molar-refractivity contribution >= 4 is 6.41 Å². The summed E-state index contributed by atoms with van der Waals surface area (Å²) in [5, 5.41) is 2.56. The van der Waals surface area contributed by atoms with E-state index in [9.17, 15) is 4.79 Å². The van der Waals surface area contributed by atoms with E-state index in [2.05, 4.69) is 18.8 Å². The van der Waals surface area contributed by atoms with E-state index >= 15 is 0 Å². The second-order valence-electron chi connectivity index (χ2n) is 3.27. The number of carbonyl (C=O) groups is 1. The maximum absolute atomic E-state index is 10.1. The fourth-order valence-electron chi connectivity index (χ4n) is 1.14. The van der Waals surface area contributed by atoms with Gasteiger partial charge in [0.25, 0.3) is 0 Å². The van der Waals surface area contributed by atoms with Crippen LogP contribution >= 0.6 is 0 Å². The van der Waals surface area contributed by atoms with Crippen molar-refractivity contribution < 1.29 is 4.79 Å². The largest absolute Gasteiger partial charge is 0.329 e. The summed E-state index contributed by atoms with van der Waals surface area (Å²) in [5.41, 5.74) is 2.13. The van der Waals surface area contributed by atoms with E-state index in [1.165, 1.54) is 18.4 Å². The summed E-state index contributed by atoms with van der Waals surface area (Å²) in [7, 11) is 0. The van der Waals surface area contributed by atoms with Gasteiger partial charge in [-0.1, -0.05) is 18.2 Å². The van der Waals surface area contributed by atoms with Gasteiger partial charge < -0.3 is 5.32 Å². The van der Waals surface area contributed by atoms with Crippen molar-refractivity contribution in [1.82, 2.24) is 5.32 Å². The molecule has 1 rings (SSSR count). The SMILES string of the molecule is C=C/C(=C/C=C(\C)C1CC1)NC=O. The van der Waals surface area contributed by atoms with Crippen LogP contribution in [0.4, 0.5) is 0 Å². The highest BCUT2D eigenvalue weighted by atomic mass is 16.1. The van der Waals surface area contributed by atoms with E-state index < -0.39 is 0 Å². The molecule has 0 bridgehead atoms. The second kappa shape index (κ2) is 4.65. The van der Waals surface area contributed by atoms with Crippen LogP contribution in [0.25, 0.3) is 0 Å². The molecule has 0 aromatic rings. The lowest BCUT2D eigenvalue weighted by Crippen LogP contribution is -2.07. The van der Waals surface area contributed by atoms with Gasteiger partial charge in [0, 0.05) is 5.70 Å². The third-order valence-corrected chi connectivity index (χ3v) is 2.19. The highest BCUT2D eigenvalue weighted by Crippen LogP contribution is 2.35. The molecule has 0 radical (unpaired) electrons. The fraction of sp³-hybridized carbons (Fsp3) is 0.364. The van der Waals surface area contributed by atoms with Crippen molar-refractivity contribution in [2.24, 2.45) is 5.92 Å². The van der Waals surface area contributed by atoms with Gasteiger partial charge >= 0.3 is 0 Å². The van der Waals surface area contributed by atoms with E-state index in [4.69, 9.17) is 0 Å². The molecule has 1 aliphatic carbocycles. The van der Waals surface area contributed by atoms with Crippen molar-refractivity contribution in [2.45, 2.75) is 19.8 Å². The van der Waals surface area contributed by atoms with Gasteiger partial charge in [0.15, 0.2) is 0 Å². The lowest BCUT2D eigenvalue weighted by atomic mass is 10.2. The van der Waals surface area contributed by atoms with Gasteiger partial charge in [0.05, 0.1) is 0 Å². The molecule has 1 amide bonds. The van der Waals surface area contributed by atoms with Crippen molar-refractivity contribution in [3.63, 3.8) is 0 Å². The minimum atomic E-state index is 0.661. The fourth-order valence-corrected chi connectivity index (χ4v) is 1.14. The monoisotopic (exact) mass is 177 g/mol. The van der Waals surface area contributed by atoms with Gasteiger partial charge in [0.2, 0.25) is 6.41 Å². The van der Waals surface area contributed by atoms with Crippen molar-refractivity contribution in [1.29, 1.82) is 0 Å². The first-order valence-corrected chi connectivity index (χ1v) is 4.49. The van der Waals surface area contributed by atoms with Gasteiger partial charge in [-0.25, -0.2) is 0 Å². The molecule has 0 atom stereocenters. The first-order valence-electron chi connectivity index (χ1n) is 4.49. The minimum Gasteiger partial charge on any atom is -0.329 e. The van der Waals surface area contributed by atoms with Crippen molar-refractivity contribution in [3.8, 4) is 0 Å². The van der Waals surface area contributed by atoms with Crippen LogP contribution in [0, 0.1) is 5.92 Å². The summed E-state index contributed by atoms with van der Waals surface area (Å²) >= 11 is 0. The number of amides is 1. The Bertz CT molecular complexity index is 259. The topological polar surface area (TPSA) is 29.1 Å². The Morgan fingerprint density at radius 1 is 1.46 bits per heavy atom. The molecular formula is C11H15NO. The van der Waals surface area contributed by atoms with Gasteiger partial charge in [-0.2, -0.15) is 0 Å². The third-order valence-electron chi connectivity index (χ3n) is 2.19. The maximum Gasteiger partial charge on any atom is 0.211 e. The molecule has 0 saturated heterocycles. The van der Waals surface area contributed by atoms with Crippen molar-refractivity contribution in [2.75, 3.05) is 0 Å². The highest BCUT2D eigenvalue weighted by Gasteiger charge is 2.22. The van der Waals surface area contributed by atoms with E-state index in [0.29, 0.717) is 6.41 Å². The van der Waals surface area contributed by atoms with Crippen LogP contribution < -0.4 is 5.32 Å². The first-order chi connectivity index (χ1) is 6.27. The maximum atomic E-state index is 10.1. The normalized spacial score (nSPS) is 18.2. The summed E-state index contributed by atoms with van der Waals surface area (Å²) in [6.07, 6.45) is 8.83. The Balaban J connectivity index is 2.55. The van der Waals surface area contributed by atoms with Gasteiger partial charge in [-0.05, 0) is 37.8 Å². The molecule has 0 aromatic carbocycles. The molecule has 1 saturated carbocycles. The van der Waals surface area contributed by atoms with E-state index in [0.717, 1.165) is 11.6 Å². The molecule has 1 fully saturated rings. The highest BCUT2D eigenvalue weighted by molar-refractivity contribution is 5.52. The van der Waals surface area contributed by atoms with Crippen LogP contribution in [0.2, 0.25) is 0 Å². The Labute approximate surface area is 79.0 Å². The zero-order valence-corrected chi connectivity index (χ0v) is 7.92. The molecule has 0 heterocycles. The lowest BCUT2D eigenvalue weighted by molar-refractivity contribution is -0.108. The summed E-state index contributed by atoms with van der Waals surface area (Å²) < 4.78 is 0. The smallest absolute Gasteiger partial charge is 0.211 e. The van der Waals surface area contributed by atoms with Crippen LogP contribution in [0.1, 0.15) is 19.8 Å². The first kappa shape index (κ1) is 9.78. The van der Waals surface area contributed by atoms with E-state index in [-0.39, 0.29) is 0 Å². The predicted molar refractivity (Wildman–Crippen MR) is 54.0 cm³/mol. The molecule has 0 unspecified atom stereocenters. The Kier molecular flexibility index (Phi) is 3.50.